The molecule has 152 valence electrons. The number of rotatable bonds is 7. The molecule has 0 saturated carbocycles. The van der Waals surface area contributed by atoms with Gasteiger partial charge in [0.25, 0.3) is 5.56 Å². The number of benzene rings is 2. The van der Waals surface area contributed by atoms with Crippen LogP contribution in [-0.2, 0) is 0 Å². The van der Waals surface area contributed by atoms with Gasteiger partial charge in [-0.2, -0.15) is 0 Å². The van der Waals surface area contributed by atoms with Gasteiger partial charge in [0.15, 0.2) is 5.16 Å². The van der Waals surface area contributed by atoms with E-state index < -0.39 is 0 Å². The van der Waals surface area contributed by atoms with Gasteiger partial charge in [0.2, 0.25) is 0 Å². The second-order valence-corrected chi connectivity index (χ2v) is 7.81. The van der Waals surface area contributed by atoms with Crippen LogP contribution in [0.15, 0.2) is 76.8 Å². The third kappa shape index (κ3) is 4.52. The van der Waals surface area contributed by atoms with E-state index in [9.17, 15) is 9.18 Å². The highest BCUT2D eigenvalue weighted by atomic mass is 32.2. The molecule has 2 aromatic carbocycles. The number of ether oxygens (including phenoxy) is 1. The smallest absolute Gasteiger partial charge is 0.267 e. The molecule has 2 heterocycles. The molecule has 0 fully saturated rings. The van der Waals surface area contributed by atoms with Crippen molar-refractivity contribution in [1.29, 1.82) is 0 Å². The van der Waals surface area contributed by atoms with Crippen LogP contribution in [0, 0.1) is 12.7 Å². The summed E-state index contributed by atoms with van der Waals surface area (Å²) in [6.45, 7) is 2.45. The maximum absolute atomic E-state index is 13.2. The van der Waals surface area contributed by atoms with Crippen molar-refractivity contribution in [2.75, 3.05) is 12.4 Å². The van der Waals surface area contributed by atoms with E-state index in [-0.39, 0.29) is 11.4 Å². The number of halogens is 1. The SMILES string of the molecule is Cc1ccnc(-n2c(SCCCOc3ccc(F)cc3)nc3ccccc3c2=O)c1. The van der Waals surface area contributed by atoms with E-state index in [1.807, 2.05) is 37.3 Å². The number of fused-ring (bicyclic) bond motifs is 1. The van der Waals surface area contributed by atoms with Gasteiger partial charge in [0.1, 0.15) is 17.4 Å². The van der Waals surface area contributed by atoms with E-state index in [0.29, 0.717) is 40.0 Å². The molecule has 0 atom stereocenters. The summed E-state index contributed by atoms with van der Waals surface area (Å²) >= 11 is 1.49. The predicted molar refractivity (Wildman–Crippen MR) is 117 cm³/mol. The summed E-state index contributed by atoms with van der Waals surface area (Å²) in [5.41, 5.74) is 1.55. The van der Waals surface area contributed by atoms with Crippen LogP contribution in [0.25, 0.3) is 16.7 Å². The Morgan fingerprint density at radius 1 is 1.10 bits per heavy atom. The summed E-state index contributed by atoms with van der Waals surface area (Å²) in [5.74, 6) is 1.61. The zero-order chi connectivity index (χ0) is 20.9. The molecule has 0 spiro atoms. The average Bonchev–Trinajstić information content (AvgIpc) is 2.75. The average molecular weight is 421 g/mol. The Bertz CT molecular complexity index is 1230. The van der Waals surface area contributed by atoms with Crippen molar-refractivity contribution in [1.82, 2.24) is 14.5 Å². The van der Waals surface area contributed by atoms with Crippen LogP contribution in [0.4, 0.5) is 4.39 Å². The third-order valence-electron chi connectivity index (χ3n) is 4.48. The molecule has 0 amide bonds. The Kier molecular flexibility index (Phi) is 6.09. The van der Waals surface area contributed by atoms with Crippen LogP contribution < -0.4 is 10.3 Å². The van der Waals surface area contributed by atoms with Gasteiger partial charge >= 0.3 is 0 Å². The highest BCUT2D eigenvalue weighted by molar-refractivity contribution is 7.99. The first kappa shape index (κ1) is 20.1. The number of hydrogen-bond donors (Lipinski definition) is 0. The summed E-state index contributed by atoms with van der Waals surface area (Å²) in [6, 6.07) is 17.0. The van der Waals surface area contributed by atoms with Crippen LogP contribution >= 0.6 is 11.8 Å². The fraction of sp³-hybridized carbons (Fsp3) is 0.174. The molecule has 0 aliphatic heterocycles. The predicted octanol–water partition coefficient (Wildman–Crippen LogP) is 4.79. The molecule has 4 aromatic rings. The first-order valence-electron chi connectivity index (χ1n) is 9.58. The normalized spacial score (nSPS) is 11.0. The van der Waals surface area contributed by atoms with Crippen molar-refractivity contribution in [3.63, 3.8) is 0 Å². The zero-order valence-corrected chi connectivity index (χ0v) is 17.2. The number of hydrogen-bond acceptors (Lipinski definition) is 5. The van der Waals surface area contributed by atoms with E-state index in [1.165, 1.54) is 23.9 Å². The van der Waals surface area contributed by atoms with Crippen LogP contribution in [0.1, 0.15) is 12.0 Å². The van der Waals surface area contributed by atoms with Crippen LogP contribution in [0.5, 0.6) is 5.75 Å². The highest BCUT2D eigenvalue weighted by Crippen LogP contribution is 2.22. The van der Waals surface area contributed by atoms with Gasteiger partial charge in [0, 0.05) is 11.9 Å². The number of aryl methyl sites for hydroxylation is 1. The molecule has 30 heavy (non-hydrogen) atoms. The van der Waals surface area contributed by atoms with Crippen molar-refractivity contribution in [3.8, 4) is 11.6 Å². The minimum atomic E-state index is -0.289. The number of aromatic nitrogens is 3. The molecule has 0 saturated heterocycles. The van der Waals surface area contributed by atoms with Crippen LogP contribution in [0.3, 0.4) is 0 Å². The molecule has 0 aliphatic carbocycles. The van der Waals surface area contributed by atoms with Crippen molar-refractivity contribution >= 4 is 22.7 Å². The van der Waals surface area contributed by atoms with Crippen molar-refractivity contribution in [2.45, 2.75) is 18.5 Å². The van der Waals surface area contributed by atoms with Crippen LogP contribution in [-0.4, -0.2) is 26.9 Å². The number of para-hydroxylation sites is 1. The molecule has 2 aromatic heterocycles. The maximum Gasteiger partial charge on any atom is 0.267 e. The minimum Gasteiger partial charge on any atom is -0.494 e. The Balaban J connectivity index is 1.54. The summed E-state index contributed by atoms with van der Waals surface area (Å²) in [6.07, 6.45) is 2.43. The maximum atomic E-state index is 13.2. The fourth-order valence-electron chi connectivity index (χ4n) is 3.00. The fourth-order valence-corrected chi connectivity index (χ4v) is 3.91. The van der Waals surface area contributed by atoms with E-state index in [2.05, 4.69) is 4.98 Å². The number of pyridine rings is 1. The molecule has 4 rings (SSSR count). The summed E-state index contributed by atoms with van der Waals surface area (Å²) in [4.78, 5) is 22.3. The molecular formula is C23H20FN3O2S. The molecule has 0 unspecified atom stereocenters. The van der Waals surface area contributed by atoms with E-state index in [0.717, 1.165) is 12.0 Å². The molecule has 0 bridgehead atoms. The molecule has 0 N–H and O–H groups in total. The Hall–Kier alpha value is -3.19. The van der Waals surface area contributed by atoms with Crippen LogP contribution in [0.2, 0.25) is 0 Å². The monoisotopic (exact) mass is 421 g/mol. The molecular weight excluding hydrogens is 401 g/mol. The summed E-state index contributed by atoms with van der Waals surface area (Å²) in [7, 11) is 0. The Morgan fingerprint density at radius 2 is 1.90 bits per heavy atom. The van der Waals surface area contributed by atoms with Gasteiger partial charge in [-0.15, -0.1) is 0 Å². The Morgan fingerprint density at radius 3 is 2.70 bits per heavy atom. The quantitative estimate of drug-likeness (QED) is 0.244. The first-order valence-corrected chi connectivity index (χ1v) is 10.6. The topological polar surface area (TPSA) is 57.0 Å². The van der Waals surface area contributed by atoms with Gasteiger partial charge in [-0.3, -0.25) is 4.79 Å². The second-order valence-electron chi connectivity index (χ2n) is 6.75. The molecule has 7 heteroatoms. The standard InChI is InChI=1S/C23H20FN3O2S/c1-16-11-12-25-21(15-16)27-22(28)19-5-2-3-6-20(19)26-23(27)30-14-4-13-29-18-9-7-17(24)8-10-18/h2-3,5-12,15H,4,13-14H2,1H3. The van der Waals surface area contributed by atoms with E-state index >= 15 is 0 Å². The van der Waals surface area contributed by atoms with Gasteiger partial charge < -0.3 is 4.74 Å². The highest BCUT2D eigenvalue weighted by Gasteiger charge is 2.14. The lowest BCUT2D eigenvalue weighted by molar-refractivity contribution is 0.318. The molecule has 0 aliphatic rings. The number of nitrogens with zero attached hydrogens (tertiary/aromatic N) is 3. The van der Waals surface area contributed by atoms with E-state index in [1.54, 1.807) is 29.0 Å². The lowest BCUT2D eigenvalue weighted by atomic mass is 10.2. The molecule has 0 radical (unpaired) electrons. The van der Waals surface area contributed by atoms with Crippen molar-refractivity contribution in [2.24, 2.45) is 0 Å². The number of thioether (sulfide) groups is 1. The lowest BCUT2D eigenvalue weighted by Gasteiger charge is -2.13. The molecule has 5 nitrogen and oxygen atoms in total. The van der Waals surface area contributed by atoms with E-state index in [4.69, 9.17) is 9.72 Å². The minimum absolute atomic E-state index is 0.135. The first-order chi connectivity index (χ1) is 14.6. The van der Waals surface area contributed by atoms with Gasteiger partial charge in [-0.1, -0.05) is 23.9 Å². The largest absolute Gasteiger partial charge is 0.494 e. The third-order valence-corrected chi connectivity index (χ3v) is 5.50. The van der Waals surface area contributed by atoms with Gasteiger partial charge in [-0.25, -0.2) is 18.9 Å². The van der Waals surface area contributed by atoms with Gasteiger partial charge in [0.05, 0.1) is 17.5 Å². The van der Waals surface area contributed by atoms with Crippen molar-refractivity contribution < 1.29 is 9.13 Å². The zero-order valence-electron chi connectivity index (χ0n) is 16.4. The lowest BCUT2D eigenvalue weighted by Crippen LogP contribution is -2.22. The second kappa shape index (κ2) is 9.09. The summed E-state index contributed by atoms with van der Waals surface area (Å²) < 4.78 is 20.2. The Labute approximate surface area is 177 Å². The summed E-state index contributed by atoms with van der Waals surface area (Å²) in [5, 5.41) is 1.16. The van der Waals surface area contributed by atoms with Crippen molar-refractivity contribution in [3.05, 3.63) is 88.6 Å². The van der Waals surface area contributed by atoms with Gasteiger partial charge in [-0.05, 0) is 67.4 Å².